The maximum absolute atomic E-state index is 11.5. The first-order valence-electron chi connectivity index (χ1n) is 20.2. The highest BCUT2D eigenvalue weighted by atomic mass is 32.1. The molecule has 0 fully saturated rings. The summed E-state index contributed by atoms with van der Waals surface area (Å²) < 4.78 is 9.47. The molecule has 0 unspecified atom stereocenters. The van der Waals surface area contributed by atoms with E-state index in [4.69, 9.17) is 6.57 Å². The molecule has 286 valence electrons. The zero-order valence-electron chi connectivity index (χ0n) is 32.7. The van der Waals surface area contributed by atoms with Crippen LogP contribution in [0.3, 0.4) is 0 Å². The largest absolute Gasteiger partial charge is 0.306 e. The van der Waals surface area contributed by atoms with E-state index < -0.39 is 0 Å². The molecule has 8 heteroatoms. The van der Waals surface area contributed by atoms with Crippen molar-refractivity contribution in [1.29, 1.82) is 5.26 Å². The van der Waals surface area contributed by atoms with Gasteiger partial charge in [0, 0.05) is 94.0 Å². The number of para-hydroxylation sites is 2. The quantitative estimate of drug-likeness (QED) is 0.166. The Bertz CT molecular complexity index is 3850. The fraction of sp³-hybridized carbons (Fsp3) is 0. The fourth-order valence-electron chi connectivity index (χ4n) is 9.87. The van der Waals surface area contributed by atoms with Gasteiger partial charge in [-0.15, -0.1) is 22.7 Å². The molecule has 0 aliphatic rings. The molecule has 6 nitrogen and oxygen atoms in total. The van der Waals surface area contributed by atoms with Crippen molar-refractivity contribution in [2.24, 2.45) is 0 Å². The normalized spacial score (nSPS) is 11.8. The highest BCUT2D eigenvalue weighted by Gasteiger charge is 2.33. The molecule has 0 aliphatic heterocycles. The van der Waals surface area contributed by atoms with Gasteiger partial charge in [0.05, 0.1) is 61.0 Å². The van der Waals surface area contributed by atoms with E-state index >= 15 is 0 Å². The van der Waals surface area contributed by atoms with E-state index in [9.17, 15) is 5.26 Å². The number of pyridine rings is 2. The lowest BCUT2D eigenvalue weighted by Crippen LogP contribution is -2.10. The van der Waals surface area contributed by atoms with Crippen molar-refractivity contribution in [3.63, 3.8) is 0 Å². The van der Waals surface area contributed by atoms with Crippen molar-refractivity contribution in [3.8, 4) is 39.7 Å². The summed E-state index contributed by atoms with van der Waals surface area (Å²) in [5.74, 6) is 0. The maximum Gasteiger partial charge on any atom is 0.215 e. The van der Waals surface area contributed by atoms with Crippen molar-refractivity contribution < 1.29 is 0 Å². The van der Waals surface area contributed by atoms with Gasteiger partial charge in [0.1, 0.15) is 0 Å². The average Bonchev–Trinajstić information content (AvgIpc) is 4.09. The van der Waals surface area contributed by atoms with E-state index in [1.807, 2.05) is 36.7 Å². The van der Waals surface area contributed by atoms with Crippen molar-refractivity contribution >= 4 is 112 Å². The summed E-state index contributed by atoms with van der Waals surface area (Å²) in [6, 6.07) is 53.8. The Morgan fingerprint density at radius 3 is 1.42 bits per heavy atom. The fourth-order valence-corrected chi connectivity index (χ4v) is 12.3. The van der Waals surface area contributed by atoms with E-state index in [0.29, 0.717) is 11.1 Å². The zero-order valence-corrected chi connectivity index (χ0v) is 34.3. The predicted molar refractivity (Wildman–Crippen MR) is 258 cm³/mol. The van der Waals surface area contributed by atoms with Gasteiger partial charge >= 0.3 is 0 Å². The first-order valence-corrected chi connectivity index (χ1v) is 21.9. The third kappa shape index (κ3) is 4.65. The predicted octanol–water partition coefficient (Wildman–Crippen LogP) is 15.2. The molecule has 0 spiro atoms. The standard InChI is InChI=1S/C54H28N6S2/c1-56-48-41(28-55)46(31-12-10-26-57-29-31)51(59-42-18-6-2-14-33(42)37-22-24-39-35-16-4-8-20-44(35)61-53(39)49(37)59)52(47(48)32-13-11-27-58-30-32)60-43-19-7-3-15-34(43)38-23-25-40-36-17-5-9-21-45(36)62-54(40)50(38)60/h2-27,29-30H. The van der Waals surface area contributed by atoms with E-state index in [0.717, 1.165) is 75.5 Å². The number of nitrogens with zero attached hydrogens (tertiary/aromatic N) is 6. The smallest absolute Gasteiger partial charge is 0.215 e. The van der Waals surface area contributed by atoms with Crippen LogP contribution in [0, 0.1) is 17.9 Å². The monoisotopic (exact) mass is 824 g/mol. The first-order chi connectivity index (χ1) is 30.7. The zero-order chi connectivity index (χ0) is 41.1. The number of thiophene rings is 2. The molecule has 6 heterocycles. The molecule has 13 aromatic rings. The number of fused-ring (bicyclic) bond motifs is 14. The van der Waals surface area contributed by atoms with Crippen LogP contribution in [0.4, 0.5) is 5.69 Å². The Hall–Kier alpha value is -8.14. The van der Waals surface area contributed by atoms with Crippen LogP contribution in [-0.4, -0.2) is 19.1 Å². The molecular weight excluding hydrogens is 797 g/mol. The van der Waals surface area contributed by atoms with Crippen LogP contribution in [0.5, 0.6) is 0 Å². The second kappa shape index (κ2) is 13.2. The summed E-state index contributed by atoms with van der Waals surface area (Å²) in [5.41, 5.74) is 8.96. The van der Waals surface area contributed by atoms with Gasteiger partial charge in [-0.3, -0.25) is 9.97 Å². The van der Waals surface area contributed by atoms with Crippen LogP contribution in [-0.2, 0) is 0 Å². The molecule has 7 aromatic carbocycles. The van der Waals surface area contributed by atoms with E-state index in [1.54, 1.807) is 35.1 Å². The Labute approximate surface area is 361 Å². The summed E-state index contributed by atoms with van der Waals surface area (Å²) in [5, 5.41) is 20.7. The number of hydrogen-bond donors (Lipinski definition) is 0. The van der Waals surface area contributed by atoms with Crippen LogP contribution in [0.15, 0.2) is 170 Å². The molecule has 0 saturated heterocycles. The lowest BCUT2D eigenvalue weighted by molar-refractivity contribution is 1.10. The van der Waals surface area contributed by atoms with E-state index in [-0.39, 0.29) is 11.3 Å². The highest BCUT2D eigenvalue weighted by Crippen LogP contribution is 2.54. The molecule has 0 amide bonds. The van der Waals surface area contributed by atoms with Crippen molar-refractivity contribution in [2.75, 3.05) is 0 Å². The lowest BCUT2D eigenvalue weighted by atomic mass is 9.89. The minimum atomic E-state index is 0.264. The Balaban J connectivity index is 1.38. The molecule has 0 radical (unpaired) electrons. The molecule has 0 bridgehead atoms. The third-order valence-corrected chi connectivity index (χ3v) is 14.7. The molecule has 13 rings (SSSR count). The van der Waals surface area contributed by atoms with Crippen LogP contribution >= 0.6 is 22.7 Å². The minimum Gasteiger partial charge on any atom is -0.306 e. The summed E-state index contributed by atoms with van der Waals surface area (Å²) in [7, 11) is 0. The number of benzene rings is 7. The van der Waals surface area contributed by atoms with Gasteiger partial charge in [0.25, 0.3) is 0 Å². The Morgan fingerprint density at radius 2 is 0.935 bits per heavy atom. The summed E-state index contributed by atoms with van der Waals surface area (Å²) >= 11 is 3.57. The average molecular weight is 825 g/mol. The van der Waals surface area contributed by atoms with Crippen LogP contribution < -0.4 is 0 Å². The molecule has 62 heavy (non-hydrogen) atoms. The summed E-state index contributed by atoms with van der Waals surface area (Å²) in [4.78, 5) is 13.6. The number of rotatable bonds is 4. The Morgan fingerprint density at radius 1 is 0.484 bits per heavy atom. The van der Waals surface area contributed by atoms with Crippen molar-refractivity contribution in [1.82, 2.24) is 19.1 Å². The van der Waals surface area contributed by atoms with Gasteiger partial charge in [-0.1, -0.05) is 109 Å². The highest BCUT2D eigenvalue weighted by molar-refractivity contribution is 7.27. The topological polar surface area (TPSA) is 63.8 Å². The van der Waals surface area contributed by atoms with Crippen molar-refractivity contribution in [2.45, 2.75) is 0 Å². The number of nitriles is 1. The number of aromatic nitrogens is 4. The van der Waals surface area contributed by atoms with Gasteiger partial charge in [0.2, 0.25) is 5.69 Å². The van der Waals surface area contributed by atoms with E-state index in [1.165, 1.54) is 30.9 Å². The van der Waals surface area contributed by atoms with Crippen LogP contribution in [0.2, 0.25) is 0 Å². The number of hydrogen-bond acceptors (Lipinski definition) is 5. The van der Waals surface area contributed by atoms with Gasteiger partial charge in [-0.25, -0.2) is 4.85 Å². The van der Waals surface area contributed by atoms with Gasteiger partial charge < -0.3 is 9.13 Å². The van der Waals surface area contributed by atoms with Crippen molar-refractivity contribution in [3.05, 3.63) is 187 Å². The summed E-state index contributed by atoms with van der Waals surface area (Å²) in [6.07, 6.45) is 7.15. The molecular formula is C54H28N6S2. The Kier molecular flexibility index (Phi) is 7.38. The second-order valence-electron chi connectivity index (χ2n) is 15.5. The van der Waals surface area contributed by atoms with Gasteiger partial charge in [0.15, 0.2) is 0 Å². The molecule has 0 atom stereocenters. The molecule has 0 saturated carbocycles. The maximum atomic E-state index is 11.5. The SMILES string of the molecule is [C-]#[N+]c1c(C#N)c(-c2cccnc2)c(-n2c3ccccc3c3ccc4c5ccccc5sc4c32)c(-n2c3ccccc3c3ccc4c5ccccc5sc4c32)c1-c1cccnc1. The molecule has 6 aromatic heterocycles. The first kappa shape index (κ1) is 34.7. The minimum absolute atomic E-state index is 0.264. The molecule has 0 N–H and O–H groups in total. The third-order valence-electron chi connectivity index (χ3n) is 12.4. The van der Waals surface area contributed by atoms with Gasteiger partial charge in [-0.05, 0) is 42.0 Å². The van der Waals surface area contributed by atoms with E-state index in [2.05, 4.69) is 151 Å². The summed E-state index contributed by atoms with van der Waals surface area (Å²) in [6.45, 7) is 8.99. The lowest BCUT2D eigenvalue weighted by Gasteiger charge is -2.26. The second-order valence-corrected chi connectivity index (χ2v) is 17.6. The van der Waals surface area contributed by atoms with Gasteiger partial charge in [-0.2, -0.15) is 5.26 Å². The van der Waals surface area contributed by atoms with Crippen LogP contribution in [0.1, 0.15) is 5.56 Å². The molecule has 0 aliphatic carbocycles. The van der Waals surface area contributed by atoms with Crippen LogP contribution in [0.25, 0.3) is 122 Å².